The molecule has 0 atom stereocenters. The van der Waals surface area contributed by atoms with E-state index in [2.05, 4.69) is 73.8 Å². The number of carbonyl (C=O) groups excluding carboxylic acids is 1. The fourth-order valence-corrected chi connectivity index (χ4v) is 6.02. The lowest BCUT2D eigenvalue weighted by atomic mass is 9.85. The summed E-state index contributed by atoms with van der Waals surface area (Å²) >= 11 is 1.80. The highest BCUT2D eigenvalue weighted by Crippen LogP contribution is 2.33. The third-order valence-electron chi connectivity index (χ3n) is 7.68. The molecule has 1 aliphatic rings. The largest absolute Gasteiger partial charge is 0.493 e. The Kier molecular flexibility index (Phi) is 14.7. The van der Waals surface area contributed by atoms with Gasteiger partial charge in [-0.2, -0.15) is 0 Å². The molecule has 5 heteroatoms. The van der Waals surface area contributed by atoms with Gasteiger partial charge in [-0.3, -0.25) is 4.79 Å². The smallest absolute Gasteiger partial charge is 0.228 e. The van der Waals surface area contributed by atoms with E-state index < -0.39 is 0 Å². The second-order valence-electron chi connectivity index (χ2n) is 12.6. The molecule has 0 saturated heterocycles. The number of ether oxygens (including phenoxy) is 1. The average molecular weight is 579 g/mol. The van der Waals surface area contributed by atoms with Crippen molar-refractivity contribution in [3.63, 3.8) is 0 Å². The van der Waals surface area contributed by atoms with Crippen LogP contribution >= 0.6 is 11.8 Å². The fraction of sp³-hybridized carbons (Fsp3) is 0.583. The molecule has 1 N–H and O–H groups in total. The normalized spacial score (nSPS) is 13.1. The summed E-state index contributed by atoms with van der Waals surface area (Å²) < 4.78 is 6.27. The number of benzene rings is 2. The molecular formula is C36H54N2O2S. The van der Waals surface area contributed by atoms with E-state index in [1.54, 1.807) is 11.8 Å². The van der Waals surface area contributed by atoms with Crippen LogP contribution in [0.2, 0.25) is 0 Å². The van der Waals surface area contributed by atoms with Crippen LogP contribution < -0.4 is 10.1 Å². The maximum Gasteiger partial charge on any atom is 0.228 e. The topological polar surface area (TPSA) is 41.6 Å². The van der Waals surface area contributed by atoms with Crippen LogP contribution in [-0.2, 0) is 23.2 Å². The molecule has 226 valence electrons. The van der Waals surface area contributed by atoms with Gasteiger partial charge in [0.25, 0.3) is 0 Å². The number of thioether (sulfide) groups is 1. The quantitative estimate of drug-likeness (QED) is 0.168. The molecule has 2 aromatic carbocycles. The Morgan fingerprint density at radius 2 is 1.56 bits per heavy atom. The van der Waals surface area contributed by atoms with E-state index in [4.69, 9.17) is 4.74 Å². The van der Waals surface area contributed by atoms with Gasteiger partial charge < -0.3 is 15.0 Å². The summed E-state index contributed by atoms with van der Waals surface area (Å²) in [4.78, 5) is 15.2. The maximum absolute atomic E-state index is 12.9. The Bertz CT molecular complexity index is 1080. The number of anilines is 1. The van der Waals surface area contributed by atoms with E-state index in [-0.39, 0.29) is 11.3 Å². The number of hydrogen-bond acceptors (Lipinski definition) is 4. The monoisotopic (exact) mass is 578 g/mol. The van der Waals surface area contributed by atoms with Gasteiger partial charge in [-0.25, -0.2) is 0 Å². The molecule has 41 heavy (non-hydrogen) atoms. The molecule has 0 spiro atoms. The Balaban J connectivity index is 1.40. The zero-order valence-electron chi connectivity index (χ0n) is 26.2. The minimum atomic E-state index is -0.0605. The lowest BCUT2D eigenvalue weighted by Gasteiger charge is -2.24. The first-order valence-corrected chi connectivity index (χ1v) is 17.1. The van der Waals surface area contributed by atoms with E-state index in [9.17, 15) is 4.79 Å². The van der Waals surface area contributed by atoms with Crippen LogP contribution in [0.4, 0.5) is 5.69 Å². The van der Waals surface area contributed by atoms with Crippen molar-refractivity contribution in [3.05, 3.63) is 70.8 Å². The average Bonchev–Trinajstić information content (AvgIpc) is 3.44. The molecular weight excluding hydrogens is 524 g/mol. The Labute approximate surface area is 254 Å². The molecule has 0 fully saturated rings. The van der Waals surface area contributed by atoms with Crippen molar-refractivity contribution in [2.45, 2.75) is 123 Å². The number of amides is 1. The van der Waals surface area contributed by atoms with Crippen LogP contribution in [0.3, 0.4) is 0 Å². The lowest BCUT2D eigenvalue weighted by Crippen LogP contribution is -2.17. The van der Waals surface area contributed by atoms with Gasteiger partial charge >= 0.3 is 0 Å². The van der Waals surface area contributed by atoms with Crippen molar-refractivity contribution in [3.8, 4) is 5.75 Å². The van der Waals surface area contributed by atoms with Crippen LogP contribution in [0.5, 0.6) is 5.75 Å². The number of nitrogens with zero attached hydrogens (tertiary/aromatic N) is 1. The van der Waals surface area contributed by atoms with Crippen molar-refractivity contribution in [1.29, 1.82) is 0 Å². The number of nitrogens with one attached hydrogen (secondary N) is 1. The highest BCUT2D eigenvalue weighted by Gasteiger charge is 2.20. The van der Waals surface area contributed by atoms with Gasteiger partial charge in [-0.05, 0) is 52.1 Å². The first-order valence-electron chi connectivity index (χ1n) is 16.0. The summed E-state index contributed by atoms with van der Waals surface area (Å²) in [6, 6.07) is 14.4. The van der Waals surface area contributed by atoms with Crippen LogP contribution in [-0.4, -0.2) is 23.3 Å². The highest BCUT2D eigenvalue weighted by molar-refractivity contribution is 8.02. The van der Waals surface area contributed by atoms with Crippen LogP contribution in [0.1, 0.15) is 121 Å². The number of carbonyl (C=O) groups is 1. The summed E-state index contributed by atoms with van der Waals surface area (Å²) in [6.45, 7) is 10.5. The molecule has 3 rings (SSSR count). The van der Waals surface area contributed by atoms with Crippen LogP contribution in [0, 0.1) is 0 Å². The van der Waals surface area contributed by atoms with E-state index in [1.165, 1.54) is 81.8 Å². The van der Waals surface area contributed by atoms with Crippen LogP contribution in [0.15, 0.2) is 54.1 Å². The minimum Gasteiger partial charge on any atom is -0.493 e. The van der Waals surface area contributed by atoms with Crippen LogP contribution in [0.25, 0.3) is 0 Å². The molecule has 1 amide bonds. The second kappa shape index (κ2) is 18.2. The number of rotatable bonds is 19. The second-order valence-corrected chi connectivity index (χ2v) is 13.4. The van der Waals surface area contributed by atoms with Crippen molar-refractivity contribution in [2.75, 3.05) is 17.8 Å². The summed E-state index contributed by atoms with van der Waals surface area (Å²) in [7, 11) is 0. The molecule has 0 aromatic heterocycles. The van der Waals surface area contributed by atoms with Crippen molar-refractivity contribution < 1.29 is 9.53 Å². The van der Waals surface area contributed by atoms with Gasteiger partial charge in [0, 0.05) is 18.4 Å². The first-order chi connectivity index (χ1) is 19.8. The van der Waals surface area contributed by atoms with Gasteiger partial charge in [-0.15, -0.1) is 11.8 Å². The number of unbranched alkanes of at least 4 members (excludes halogenated alkanes) is 11. The highest BCUT2D eigenvalue weighted by atomic mass is 32.2. The standard InChI is InChI=1S/C36H54N2O2S/c1-5-6-7-8-9-10-11-12-13-14-15-16-23-40-34-21-20-30(26-33(34)36(2,3)4)27-35(39)37-32-19-17-18-31(25-32)28-38-22-24-41-29-38/h17-22,24-26H,5-16,23,27-29H2,1-4H3,(H,37,39). The maximum atomic E-state index is 12.9. The molecule has 0 unspecified atom stereocenters. The summed E-state index contributed by atoms with van der Waals surface area (Å²) in [6.07, 6.45) is 18.6. The van der Waals surface area contributed by atoms with Gasteiger partial charge in [0.05, 0.1) is 18.9 Å². The SMILES string of the molecule is CCCCCCCCCCCCCCOc1ccc(CC(=O)Nc2cccc(CN3C=CSC3)c2)cc1C(C)(C)C. The molecule has 0 aliphatic carbocycles. The molecule has 4 nitrogen and oxygen atoms in total. The summed E-state index contributed by atoms with van der Waals surface area (Å²) in [5, 5.41) is 5.21. The molecule has 0 saturated carbocycles. The predicted molar refractivity (Wildman–Crippen MR) is 178 cm³/mol. The zero-order valence-corrected chi connectivity index (χ0v) is 27.0. The molecule has 1 heterocycles. The Morgan fingerprint density at radius 1 is 0.878 bits per heavy atom. The van der Waals surface area contributed by atoms with Crippen molar-refractivity contribution >= 4 is 23.4 Å². The Morgan fingerprint density at radius 3 is 2.20 bits per heavy atom. The van der Waals surface area contributed by atoms with Gasteiger partial charge in [0.2, 0.25) is 5.91 Å². The third-order valence-corrected chi connectivity index (χ3v) is 8.47. The minimum absolute atomic E-state index is 0.00351. The van der Waals surface area contributed by atoms with Crippen molar-refractivity contribution in [1.82, 2.24) is 4.90 Å². The molecule has 1 aliphatic heterocycles. The predicted octanol–water partition coefficient (Wildman–Crippen LogP) is 10.2. The number of hydrogen-bond donors (Lipinski definition) is 1. The zero-order chi connectivity index (χ0) is 29.3. The van der Waals surface area contributed by atoms with Gasteiger partial charge in [0.15, 0.2) is 0 Å². The summed E-state index contributed by atoms with van der Waals surface area (Å²) in [5.74, 6) is 1.93. The first kappa shape index (κ1) is 33.1. The van der Waals surface area contributed by atoms with Gasteiger partial charge in [0.1, 0.15) is 5.75 Å². The third kappa shape index (κ3) is 13.0. The van der Waals surface area contributed by atoms with Gasteiger partial charge in [-0.1, -0.05) is 123 Å². The van der Waals surface area contributed by atoms with Crippen molar-refractivity contribution in [2.24, 2.45) is 0 Å². The van der Waals surface area contributed by atoms with E-state index in [1.807, 2.05) is 18.2 Å². The molecule has 0 bridgehead atoms. The van der Waals surface area contributed by atoms with E-state index in [0.717, 1.165) is 42.4 Å². The Hall–Kier alpha value is -2.40. The molecule has 0 radical (unpaired) electrons. The lowest BCUT2D eigenvalue weighted by molar-refractivity contribution is -0.115. The fourth-order valence-electron chi connectivity index (χ4n) is 5.31. The van der Waals surface area contributed by atoms with E-state index >= 15 is 0 Å². The molecule has 2 aromatic rings. The van der Waals surface area contributed by atoms with E-state index in [0.29, 0.717) is 6.42 Å². The summed E-state index contributed by atoms with van der Waals surface area (Å²) in [5.41, 5.74) is 4.16.